The van der Waals surface area contributed by atoms with E-state index in [1.807, 2.05) is 61.5 Å². The molecular formula is C26H23N3O4. The molecule has 1 N–H and O–H groups in total. The number of carbonyl (C=O) groups is 2. The summed E-state index contributed by atoms with van der Waals surface area (Å²) in [5, 5.41) is 7.59. The van der Waals surface area contributed by atoms with Gasteiger partial charge in [0.1, 0.15) is 0 Å². The van der Waals surface area contributed by atoms with Crippen LogP contribution in [0.5, 0.6) is 0 Å². The van der Waals surface area contributed by atoms with E-state index in [0.717, 1.165) is 21.4 Å². The Morgan fingerprint density at radius 2 is 1.52 bits per heavy atom. The molecule has 0 spiro atoms. The van der Waals surface area contributed by atoms with Crippen LogP contribution in [-0.4, -0.2) is 28.3 Å². The number of fused-ring (bicyclic) bond motifs is 1. The van der Waals surface area contributed by atoms with Crippen LogP contribution in [0.1, 0.15) is 29.0 Å². The molecule has 0 fully saturated rings. The first-order valence-corrected chi connectivity index (χ1v) is 10.5. The van der Waals surface area contributed by atoms with Crippen molar-refractivity contribution in [3.63, 3.8) is 0 Å². The molecule has 0 aliphatic carbocycles. The number of carbonyl (C=O) groups excluding carboxylic acids is 2. The number of ether oxygens (including phenoxy) is 1. The summed E-state index contributed by atoms with van der Waals surface area (Å²) >= 11 is 0. The summed E-state index contributed by atoms with van der Waals surface area (Å²) in [5.41, 5.74) is 2.81. The SMILES string of the molecule is CC(NC(=O)COC(=O)c1nn(C)c(=O)c2ccccc12)c1ccc(-c2ccccc2)cc1. The fourth-order valence-corrected chi connectivity index (χ4v) is 3.61. The van der Waals surface area contributed by atoms with Gasteiger partial charge >= 0.3 is 5.97 Å². The summed E-state index contributed by atoms with van der Waals surface area (Å²) < 4.78 is 6.26. The van der Waals surface area contributed by atoms with E-state index in [-0.39, 0.29) is 17.3 Å². The molecule has 1 aromatic heterocycles. The highest BCUT2D eigenvalue weighted by Gasteiger charge is 2.19. The number of hydrogen-bond donors (Lipinski definition) is 1. The second-order valence-corrected chi connectivity index (χ2v) is 7.68. The second-order valence-electron chi connectivity index (χ2n) is 7.68. The second kappa shape index (κ2) is 9.48. The molecule has 0 bridgehead atoms. The van der Waals surface area contributed by atoms with Crippen molar-refractivity contribution < 1.29 is 14.3 Å². The minimum absolute atomic E-state index is 0.00921. The van der Waals surface area contributed by atoms with Crippen molar-refractivity contribution in [3.05, 3.63) is 100 Å². The van der Waals surface area contributed by atoms with Crippen LogP contribution in [-0.2, 0) is 16.6 Å². The first kappa shape index (κ1) is 22.0. The summed E-state index contributed by atoms with van der Waals surface area (Å²) in [6, 6.07) is 24.3. The van der Waals surface area contributed by atoms with Crippen molar-refractivity contribution in [2.75, 3.05) is 6.61 Å². The van der Waals surface area contributed by atoms with Gasteiger partial charge in [-0.15, -0.1) is 0 Å². The van der Waals surface area contributed by atoms with Gasteiger partial charge in [-0.1, -0.05) is 72.8 Å². The molecule has 0 saturated carbocycles. The Hall–Kier alpha value is -4.26. The molecule has 1 heterocycles. The molecular weight excluding hydrogens is 418 g/mol. The Balaban J connectivity index is 1.39. The van der Waals surface area contributed by atoms with Crippen LogP contribution in [0.3, 0.4) is 0 Å². The molecule has 0 saturated heterocycles. The van der Waals surface area contributed by atoms with Gasteiger partial charge in [-0.3, -0.25) is 9.59 Å². The number of nitrogens with one attached hydrogen (secondary N) is 1. The van der Waals surface area contributed by atoms with Crippen molar-refractivity contribution in [2.24, 2.45) is 7.05 Å². The average molecular weight is 441 g/mol. The van der Waals surface area contributed by atoms with Gasteiger partial charge in [-0.2, -0.15) is 5.10 Å². The van der Waals surface area contributed by atoms with Crippen molar-refractivity contribution >= 4 is 22.6 Å². The highest BCUT2D eigenvalue weighted by atomic mass is 16.5. The molecule has 1 unspecified atom stereocenters. The Morgan fingerprint density at radius 3 is 2.21 bits per heavy atom. The summed E-state index contributed by atoms with van der Waals surface area (Å²) in [7, 11) is 1.46. The molecule has 7 heteroatoms. The monoisotopic (exact) mass is 441 g/mol. The van der Waals surface area contributed by atoms with E-state index in [0.29, 0.717) is 10.8 Å². The lowest BCUT2D eigenvalue weighted by Crippen LogP contribution is -2.31. The van der Waals surface area contributed by atoms with Crippen molar-refractivity contribution in [2.45, 2.75) is 13.0 Å². The standard InChI is InChI=1S/C26H23N3O4/c1-17(18-12-14-20(15-13-18)19-8-4-3-5-9-19)27-23(30)16-33-26(32)24-21-10-6-7-11-22(21)25(31)29(2)28-24/h3-15,17H,16H2,1-2H3,(H,27,30). The minimum Gasteiger partial charge on any atom is -0.451 e. The smallest absolute Gasteiger partial charge is 0.359 e. The number of nitrogens with zero attached hydrogens (tertiary/aromatic N) is 2. The predicted octanol–water partition coefficient (Wildman–Crippen LogP) is 3.63. The molecule has 0 aliphatic rings. The number of aromatic nitrogens is 2. The maximum absolute atomic E-state index is 12.6. The lowest BCUT2D eigenvalue weighted by Gasteiger charge is -2.15. The third kappa shape index (κ3) is 4.82. The van der Waals surface area contributed by atoms with E-state index in [1.165, 1.54) is 7.05 Å². The lowest BCUT2D eigenvalue weighted by atomic mass is 10.0. The van der Waals surface area contributed by atoms with Crippen LogP contribution < -0.4 is 10.9 Å². The average Bonchev–Trinajstić information content (AvgIpc) is 2.85. The van der Waals surface area contributed by atoms with E-state index in [2.05, 4.69) is 10.4 Å². The van der Waals surface area contributed by atoms with Crippen LogP contribution in [0.25, 0.3) is 21.9 Å². The predicted molar refractivity (Wildman–Crippen MR) is 126 cm³/mol. The maximum atomic E-state index is 12.6. The van der Waals surface area contributed by atoms with Gasteiger partial charge in [0.25, 0.3) is 11.5 Å². The molecule has 1 atom stereocenters. The van der Waals surface area contributed by atoms with Gasteiger partial charge in [0.05, 0.1) is 11.4 Å². The molecule has 33 heavy (non-hydrogen) atoms. The van der Waals surface area contributed by atoms with Crippen LogP contribution in [0.4, 0.5) is 0 Å². The van der Waals surface area contributed by atoms with Crippen LogP contribution in [0.15, 0.2) is 83.7 Å². The first-order valence-electron chi connectivity index (χ1n) is 10.5. The lowest BCUT2D eigenvalue weighted by molar-refractivity contribution is -0.124. The summed E-state index contributed by atoms with van der Waals surface area (Å²) in [6.45, 7) is 1.41. The molecule has 1 amide bonds. The van der Waals surface area contributed by atoms with E-state index in [4.69, 9.17) is 4.74 Å². The summed E-state index contributed by atoms with van der Waals surface area (Å²) in [4.78, 5) is 37.2. The van der Waals surface area contributed by atoms with Gasteiger partial charge in [0, 0.05) is 12.4 Å². The van der Waals surface area contributed by atoms with Gasteiger partial charge in [0.2, 0.25) is 0 Å². The highest BCUT2D eigenvalue weighted by molar-refractivity contribution is 6.02. The summed E-state index contributed by atoms with van der Waals surface area (Å²) in [5.74, 6) is -1.20. The fourth-order valence-electron chi connectivity index (χ4n) is 3.61. The van der Waals surface area contributed by atoms with E-state index < -0.39 is 18.5 Å². The zero-order chi connectivity index (χ0) is 23.4. The molecule has 7 nitrogen and oxygen atoms in total. The number of amides is 1. The highest BCUT2D eigenvalue weighted by Crippen LogP contribution is 2.21. The minimum atomic E-state index is -0.767. The van der Waals surface area contributed by atoms with Gasteiger partial charge in [-0.05, 0) is 29.7 Å². The zero-order valence-electron chi connectivity index (χ0n) is 18.3. The molecule has 0 radical (unpaired) electrons. The molecule has 166 valence electrons. The van der Waals surface area contributed by atoms with Crippen LogP contribution in [0.2, 0.25) is 0 Å². The van der Waals surface area contributed by atoms with E-state index in [1.54, 1.807) is 24.3 Å². The van der Waals surface area contributed by atoms with Gasteiger partial charge < -0.3 is 10.1 Å². The molecule has 4 rings (SSSR count). The van der Waals surface area contributed by atoms with Crippen LogP contribution in [0, 0.1) is 0 Å². The Kier molecular flexibility index (Phi) is 6.31. The van der Waals surface area contributed by atoms with E-state index in [9.17, 15) is 14.4 Å². The van der Waals surface area contributed by atoms with Gasteiger partial charge in [-0.25, -0.2) is 9.48 Å². The van der Waals surface area contributed by atoms with Crippen molar-refractivity contribution in [1.82, 2.24) is 15.1 Å². The zero-order valence-corrected chi connectivity index (χ0v) is 18.3. The first-order chi connectivity index (χ1) is 15.9. The Morgan fingerprint density at radius 1 is 0.909 bits per heavy atom. The maximum Gasteiger partial charge on any atom is 0.359 e. The normalized spacial score (nSPS) is 11.7. The fraction of sp³-hybridized carbons (Fsp3) is 0.154. The molecule has 3 aromatic carbocycles. The topological polar surface area (TPSA) is 90.3 Å². The Labute approximate surface area is 190 Å². The van der Waals surface area contributed by atoms with Crippen molar-refractivity contribution in [1.29, 1.82) is 0 Å². The number of hydrogen-bond acceptors (Lipinski definition) is 5. The Bertz CT molecular complexity index is 1360. The molecule has 0 aliphatic heterocycles. The van der Waals surface area contributed by atoms with Crippen molar-refractivity contribution in [3.8, 4) is 11.1 Å². The largest absolute Gasteiger partial charge is 0.451 e. The van der Waals surface area contributed by atoms with Gasteiger partial charge in [0.15, 0.2) is 12.3 Å². The number of esters is 1. The van der Waals surface area contributed by atoms with Crippen LogP contribution >= 0.6 is 0 Å². The number of rotatable bonds is 6. The quantitative estimate of drug-likeness (QED) is 0.462. The number of benzene rings is 3. The summed E-state index contributed by atoms with van der Waals surface area (Å²) in [6.07, 6.45) is 0. The number of aryl methyl sites for hydroxylation is 1. The third-order valence-electron chi connectivity index (χ3n) is 5.38. The third-order valence-corrected chi connectivity index (χ3v) is 5.38. The molecule has 4 aromatic rings. The van der Waals surface area contributed by atoms with E-state index >= 15 is 0 Å².